The molecule has 0 aromatic carbocycles. The van der Waals surface area contributed by atoms with Crippen LogP contribution in [0.1, 0.15) is 31.7 Å². The predicted octanol–water partition coefficient (Wildman–Crippen LogP) is 3.18. The van der Waals surface area contributed by atoms with E-state index in [1.165, 1.54) is 7.11 Å². The monoisotopic (exact) mass is 467 g/mol. The summed E-state index contributed by atoms with van der Waals surface area (Å²) in [6, 6.07) is 3.78. The zero-order valence-corrected chi connectivity index (χ0v) is 18.2. The summed E-state index contributed by atoms with van der Waals surface area (Å²) in [4.78, 5) is 29.1. The number of methoxy groups -OCH3 is 1. The maximum Gasteiger partial charge on any atom is 0.409 e. The fourth-order valence-electron chi connectivity index (χ4n) is 2.62. The van der Waals surface area contributed by atoms with Crippen molar-refractivity contribution in [2.24, 2.45) is 0 Å². The molecule has 2 aromatic heterocycles. The van der Waals surface area contributed by atoms with Gasteiger partial charge in [-0.15, -0.1) is 5.10 Å². The van der Waals surface area contributed by atoms with Crippen LogP contribution in [0.4, 0.5) is 10.5 Å². The second-order valence-electron chi connectivity index (χ2n) is 6.22. The summed E-state index contributed by atoms with van der Waals surface area (Å²) < 4.78 is 10.8. The van der Waals surface area contributed by atoms with E-state index in [1.54, 1.807) is 17.3 Å². The number of amides is 1. The molecule has 0 aliphatic rings. The second kappa shape index (κ2) is 12.1. The van der Waals surface area contributed by atoms with Crippen LogP contribution in [0.15, 0.2) is 33.8 Å². The second-order valence-corrected chi connectivity index (χ2v) is 7.01. The van der Waals surface area contributed by atoms with Gasteiger partial charge >= 0.3 is 6.09 Å². The Morgan fingerprint density at radius 3 is 2.86 bits per heavy atom. The largest absolute Gasteiger partial charge is 0.475 e. The minimum absolute atomic E-state index is 0.310. The Bertz CT molecular complexity index is 831. The Balaban J connectivity index is 1.85. The van der Waals surface area contributed by atoms with E-state index in [0.29, 0.717) is 42.3 Å². The summed E-state index contributed by atoms with van der Waals surface area (Å²) in [5.74, 6) is 0.324. The number of rotatable bonds is 11. The fraction of sp³-hybridized carbons (Fsp3) is 0.474. The molecule has 0 saturated heterocycles. The molecule has 10 heteroatoms. The zero-order chi connectivity index (χ0) is 21.1. The molecule has 2 aromatic rings. The molecular formula is C19H26BrN5O4. The first-order valence-electron chi connectivity index (χ1n) is 9.43. The number of nitrogens with one attached hydrogen (secondary N) is 2. The third-order valence-electron chi connectivity index (χ3n) is 4.21. The Labute approximate surface area is 177 Å². The number of aromatic amines is 1. The van der Waals surface area contributed by atoms with E-state index in [9.17, 15) is 9.59 Å². The summed E-state index contributed by atoms with van der Waals surface area (Å²) >= 11 is 3.29. The Kier molecular flexibility index (Phi) is 9.42. The van der Waals surface area contributed by atoms with Crippen molar-refractivity contribution in [3.8, 4) is 5.88 Å². The average molecular weight is 468 g/mol. The van der Waals surface area contributed by atoms with Crippen molar-refractivity contribution in [1.82, 2.24) is 20.1 Å². The van der Waals surface area contributed by atoms with Crippen LogP contribution in [0.2, 0.25) is 0 Å². The average Bonchev–Trinajstić information content (AvgIpc) is 2.75. The summed E-state index contributed by atoms with van der Waals surface area (Å²) in [6.07, 6.45) is 5.66. The van der Waals surface area contributed by atoms with Crippen LogP contribution in [0, 0.1) is 0 Å². The molecular weight excluding hydrogens is 442 g/mol. The van der Waals surface area contributed by atoms with E-state index in [0.717, 1.165) is 24.8 Å². The van der Waals surface area contributed by atoms with Crippen LogP contribution in [0.5, 0.6) is 5.88 Å². The maximum atomic E-state index is 11.9. The van der Waals surface area contributed by atoms with Gasteiger partial charge in [0.25, 0.3) is 11.4 Å². The molecule has 0 saturated carbocycles. The number of anilines is 1. The highest BCUT2D eigenvalue weighted by Gasteiger charge is 2.14. The highest BCUT2D eigenvalue weighted by Crippen LogP contribution is 2.27. The molecule has 0 bridgehead atoms. The van der Waals surface area contributed by atoms with Gasteiger partial charge in [0.1, 0.15) is 10.2 Å². The number of carbonyl (C=O) groups excluding carboxylic acids is 1. The Morgan fingerprint density at radius 2 is 2.17 bits per heavy atom. The molecule has 0 fully saturated rings. The van der Waals surface area contributed by atoms with Gasteiger partial charge in [0.2, 0.25) is 0 Å². The minimum Gasteiger partial charge on any atom is -0.475 e. The van der Waals surface area contributed by atoms with Gasteiger partial charge in [-0.25, -0.2) is 9.89 Å². The van der Waals surface area contributed by atoms with Crippen molar-refractivity contribution in [3.63, 3.8) is 0 Å². The van der Waals surface area contributed by atoms with E-state index >= 15 is 0 Å². The molecule has 0 radical (unpaired) electrons. The number of halogens is 1. The smallest absolute Gasteiger partial charge is 0.409 e. The van der Waals surface area contributed by atoms with Crippen LogP contribution in [-0.2, 0) is 11.3 Å². The first kappa shape index (κ1) is 22.7. The van der Waals surface area contributed by atoms with Crippen molar-refractivity contribution in [1.29, 1.82) is 0 Å². The number of hydrogen-bond acceptors (Lipinski definition) is 7. The van der Waals surface area contributed by atoms with Crippen LogP contribution < -0.4 is 15.6 Å². The van der Waals surface area contributed by atoms with Crippen LogP contribution >= 0.6 is 15.9 Å². The molecule has 0 unspecified atom stereocenters. The standard InChI is InChI=1S/C19H26BrN5O4/c1-3-25(19(27)28-2)10-5-4-6-11-29-18-16(15(20)17(26)23-24-18)22-13-14-8-7-9-21-12-14/h7-9,12H,3-6,10-11,13H2,1-2H3,(H2,22,23,26). The van der Waals surface area contributed by atoms with E-state index < -0.39 is 0 Å². The molecule has 2 heterocycles. The third kappa shape index (κ3) is 7.04. The van der Waals surface area contributed by atoms with Gasteiger partial charge in [0.15, 0.2) is 0 Å². The molecule has 2 rings (SSSR count). The number of pyridine rings is 1. The first-order chi connectivity index (χ1) is 14.1. The lowest BCUT2D eigenvalue weighted by Gasteiger charge is -2.18. The van der Waals surface area contributed by atoms with Crippen LogP contribution in [-0.4, -0.2) is 53.0 Å². The Morgan fingerprint density at radius 1 is 1.34 bits per heavy atom. The number of nitrogens with zero attached hydrogens (tertiary/aromatic N) is 3. The van der Waals surface area contributed by atoms with Gasteiger partial charge in [-0.05, 0) is 53.7 Å². The zero-order valence-electron chi connectivity index (χ0n) is 16.6. The van der Waals surface area contributed by atoms with Crippen molar-refractivity contribution in [2.75, 3.05) is 32.1 Å². The lowest BCUT2D eigenvalue weighted by Crippen LogP contribution is -2.31. The number of hydrogen-bond donors (Lipinski definition) is 2. The molecule has 1 amide bonds. The van der Waals surface area contributed by atoms with Crippen molar-refractivity contribution in [2.45, 2.75) is 32.7 Å². The molecule has 0 atom stereocenters. The maximum absolute atomic E-state index is 11.9. The molecule has 29 heavy (non-hydrogen) atoms. The normalized spacial score (nSPS) is 10.4. The van der Waals surface area contributed by atoms with Gasteiger partial charge in [0.05, 0.1) is 13.7 Å². The number of aromatic nitrogens is 3. The topological polar surface area (TPSA) is 109 Å². The molecule has 9 nitrogen and oxygen atoms in total. The summed E-state index contributed by atoms with van der Waals surface area (Å²) in [7, 11) is 1.38. The molecule has 2 N–H and O–H groups in total. The highest BCUT2D eigenvalue weighted by atomic mass is 79.9. The van der Waals surface area contributed by atoms with Gasteiger partial charge < -0.3 is 19.7 Å². The molecule has 158 valence electrons. The van der Waals surface area contributed by atoms with Gasteiger partial charge in [-0.1, -0.05) is 6.07 Å². The predicted molar refractivity (Wildman–Crippen MR) is 113 cm³/mol. The third-order valence-corrected chi connectivity index (χ3v) is 4.97. The Hall–Kier alpha value is -2.62. The molecule has 0 aliphatic heterocycles. The van der Waals surface area contributed by atoms with Crippen LogP contribution in [0.25, 0.3) is 0 Å². The summed E-state index contributed by atoms with van der Waals surface area (Å²) in [5, 5.41) is 9.60. The number of ether oxygens (including phenoxy) is 2. The minimum atomic E-state index is -0.339. The molecule has 0 aliphatic carbocycles. The van der Waals surface area contributed by atoms with Gasteiger partial charge in [0, 0.05) is 32.0 Å². The SMILES string of the molecule is CCN(CCCCCOc1n[nH]c(=O)c(Br)c1NCc1cccnc1)C(=O)OC. The van der Waals surface area contributed by atoms with Gasteiger partial charge in [-0.3, -0.25) is 9.78 Å². The van der Waals surface area contributed by atoms with Gasteiger partial charge in [-0.2, -0.15) is 0 Å². The van der Waals surface area contributed by atoms with Crippen molar-refractivity contribution < 1.29 is 14.3 Å². The van der Waals surface area contributed by atoms with E-state index in [-0.39, 0.29) is 11.7 Å². The van der Waals surface area contributed by atoms with E-state index in [4.69, 9.17) is 9.47 Å². The summed E-state index contributed by atoms with van der Waals surface area (Å²) in [6.45, 7) is 4.10. The van der Waals surface area contributed by atoms with Crippen LogP contribution in [0.3, 0.4) is 0 Å². The fourth-order valence-corrected chi connectivity index (χ4v) is 3.02. The lowest BCUT2D eigenvalue weighted by molar-refractivity contribution is 0.125. The number of H-pyrrole nitrogens is 1. The first-order valence-corrected chi connectivity index (χ1v) is 10.2. The quantitative estimate of drug-likeness (QED) is 0.488. The molecule has 0 spiro atoms. The number of carbonyl (C=O) groups is 1. The lowest BCUT2D eigenvalue weighted by atomic mass is 10.2. The van der Waals surface area contributed by atoms with E-state index in [2.05, 4.69) is 36.4 Å². The summed E-state index contributed by atoms with van der Waals surface area (Å²) in [5.41, 5.74) is 1.13. The van der Waals surface area contributed by atoms with Crippen molar-refractivity contribution in [3.05, 3.63) is 44.9 Å². The van der Waals surface area contributed by atoms with Crippen molar-refractivity contribution >= 4 is 27.7 Å². The number of unbranched alkanes of at least 4 members (excludes halogenated alkanes) is 2. The van der Waals surface area contributed by atoms with E-state index in [1.807, 2.05) is 19.1 Å². The highest BCUT2D eigenvalue weighted by molar-refractivity contribution is 9.10.